The van der Waals surface area contributed by atoms with Crippen LogP contribution in [0, 0.1) is 0 Å². The summed E-state index contributed by atoms with van der Waals surface area (Å²) in [5.74, 6) is -4.95. The van der Waals surface area contributed by atoms with Crippen LogP contribution in [-0.2, 0) is 18.5 Å². The van der Waals surface area contributed by atoms with E-state index in [4.69, 9.17) is 11.6 Å². The molecule has 0 atom stereocenters. The summed E-state index contributed by atoms with van der Waals surface area (Å²) in [6.45, 7) is 0. The summed E-state index contributed by atoms with van der Waals surface area (Å²) in [5, 5.41) is -1.15. The van der Waals surface area contributed by atoms with Crippen molar-refractivity contribution >= 4 is 57.4 Å². The van der Waals surface area contributed by atoms with Gasteiger partial charge in [0, 0.05) is 21.9 Å². The lowest BCUT2D eigenvalue weighted by Gasteiger charge is -2.32. The molecule has 0 fully saturated rings. The molecular weight excluding hydrogens is 647 g/mol. The summed E-state index contributed by atoms with van der Waals surface area (Å²) < 4.78 is 120. The van der Waals surface area contributed by atoms with Crippen LogP contribution in [0.15, 0.2) is 60.7 Å². The van der Waals surface area contributed by atoms with Crippen molar-refractivity contribution in [2.24, 2.45) is 0 Å². The number of rotatable bonds is 2. The van der Waals surface area contributed by atoms with Crippen LogP contribution in [-0.4, -0.2) is 23.6 Å². The zero-order valence-corrected chi connectivity index (χ0v) is 22.3. The lowest BCUT2D eigenvalue weighted by atomic mass is 9.85. The van der Waals surface area contributed by atoms with Gasteiger partial charge in [-0.1, -0.05) is 11.6 Å². The number of carbonyl (C=O) groups excluding carboxylic acids is 4. The molecule has 0 aromatic heterocycles. The van der Waals surface area contributed by atoms with Gasteiger partial charge in [-0.05, 0) is 60.7 Å². The molecule has 0 saturated carbocycles. The van der Waals surface area contributed by atoms with E-state index in [-0.39, 0.29) is 50.7 Å². The Morgan fingerprint density at radius 3 is 1.40 bits per heavy atom. The Morgan fingerprint density at radius 1 is 0.467 bits per heavy atom. The molecule has 0 saturated heterocycles. The molecular formula is C29H10ClF9N2O4. The molecule has 2 aliphatic rings. The van der Waals surface area contributed by atoms with Crippen molar-refractivity contribution < 1.29 is 58.7 Å². The fourth-order valence-corrected chi connectivity index (χ4v) is 5.54. The van der Waals surface area contributed by atoms with Crippen LogP contribution in [0.3, 0.4) is 0 Å². The Morgan fingerprint density at radius 2 is 0.911 bits per heavy atom. The zero-order chi connectivity index (χ0) is 33.0. The third-order valence-electron chi connectivity index (χ3n) is 7.24. The SMILES string of the molecule is O=C1c2ccc3c4c(c(Cl)cc(c24)C(=O)N1c1ccc(C(F)(F)F)cc1)C(=O)N(c1cc(C(F)(F)F)cc(C(F)(F)F)c1)C3=O. The predicted octanol–water partition coefficient (Wildman–Crippen LogP) is 8.15. The van der Waals surface area contributed by atoms with Crippen molar-refractivity contribution in [3.05, 3.63) is 105 Å². The second-order valence-corrected chi connectivity index (χ2v) is 10.3. The Hall–Kier alpha value is -4.92. The molecule has 0 unspecified atom stereocenters. The molecule has 4 aromatic carbocycles. The van der Waals surface area contributed by atoms with E-state index >= 15 is 0 Å². The van der Waals surface area contributed by atoms with Gasteiger partial charge in [0.25, 0.3) is 23.6 Å². The minimum Gasteiger partial charge on any atom is -0.268 e. The van der Waals surface area contributed by atoms with Crippen LogP contribution in [0.4, 0.5) is 50.9 Å². The van der Waals surface area contributed by atoms with E-state index in [2.05, 4.69) is 0 Å². The number of carbonyl (C=O) groups is 4. The van der Waals surface area contributed by atoms with Crippen LogP contribution < -0.4 is 9.80 Å². The maximum atomic E-state index is 13.6. The van der Waals surface area contributed by atoms with Crippen LogP contribution in [0.1, 0.15) is 58.1 Å². The summed E-state index contributed by atoms with van der Waals surface area (Å²) in [7, 11) is 0. The molecule has 0 bridgehead atoms. The molecule has 0 aliphatic carbocycles. The highest BCUT2D eigenvalue weighted by Gasteiger charge is 2.44. The normalized spacial score (nSPS) is 15.4. The summed E-state index contributed by atoms with van der Waals surface area (Å²) in [4.78, 5) is 54.8. The Balaban J connectivity index is 1.52. The van der Waals surface area contributed by atoms with Crippen molar-refractivity contribution in [1.82, 2.24) is 0 Å². The van der Waals surface area contributed by atoms with E-state index in [9.17, 15) is 58.7 Å². The van der Waals surface area contributed by atoms with Gasteiger partial charge in [0.2, 0.25) is 0 Å². The number of benzene rings is 4. The van der Waals surface area contributed by atoms with E-state index in [1.54, 1.807) is 0 Å². The molecule has 2 aliphatic heterocycles. The quantitative estimate of drug-likeness (QED) is 0.161. The van der Waals surface area contributed by atoms with Gasteiger partial charge in [0.1, 0.15) is 0 Å². The van der Waals surface area contributed by atoms with E-state index < -0.39 is 80.7 Å². The molecule has 4 amide bonds. The van der Waals surface area contributed by atoms with Gasteiger partial charge >= 0.3 is 18.5 Å². The number of nitrogens with zero attached hydrogens (tertiary/aromatic N) is 2. The fraction of sp³-hybridized carbons (Fsp3) is 0.103. The van der Waals surface area contributed by atoms with Crippen molar-refractivity contribution in [2.45, 2.75) is 18.5 Å². The molecule has 2 heterocycles. The molecule has 45 heavy (non-hydrogen) atoms. The third kappa shape index (κ3) is 4.60. The lowest BCUT2D eigenvalue weighted by molar-refractivity contribution is -0.143. The minimum absolute atomic E-state index is 0.0801. The largest absolute Gasteiger partial charge is 0.416 e. The second-order valence-electron chi connectivity index (χ2n) is 9.89. The highest BCUT2D eigenvalue weighted by molar-refractivity contribution is 6.46. The van der Waals surface area contributed by atoms with Gasteiger partial charge in [0.15, 0.2) is 0 Å². The van der Waals surface area contributed by atoms with Gasteiger partial charge in [-0.3, -0.25) is 19.2 Å². The van der Waals surface area contributed by atoms with Crippen LogP contribution >= 0.6 is 11.6 Å². The van der Waals surface area contributed by atoms with Gasteiger partial charge < -0.3 is 0 Å². The summed E-state index contributed by atoms with van der Waals surface area (Å²) in [6.07, 6.45) is -15.3. The van der Waals surface area contributed by atoms with Crippen LogP contribution in [0.5, 0.6) is 0 Å². The second kappa shape index (κ2) is 9.54. The first kappa shape index (κ1) is 30.1. The van der Waals surface area contributed by atoms with Crippen LogP contribution in [0.2, 0.25) is 5.02 Å². The van der Waals surface area contributed by atoms with Gasteiger partial charge in [0.05, 0.1) is 44.2 Å². The van der Waals surface area contributed by atoms with Crippen molar-refractivity contribution in [3.63, 3.8) is 0 Å². The number of amides is 4. The first-order valence-electron chi connectivity index (χ1n) is 12.3. The van der Waals surface area contributed by atoms with Crippen molar-refractivity contribution in [2.75, 3.05) is 9.80 Å². The fourth-order valence-electron chi connectivity index (χ4n) is 5.26. The average Bonchev–Trinajstić information content (AvgIpc) is 2.94. The Kier molecular flexibility index (Phi) is 6.38. The predicted molar refractivity (Wildman–Crippen MR) is 139 cm³/mol. The average molecular weight is 657 g/mol. The van der Waals surface area contributed by atoms with Crippen molar-refractivity contribution in [1.29, 1.82) is 0 Å². The Labute approximate surface area is 249 Å². The molecule has 16 heteroatoms. The molecule has 230 valence electrons. The topological polar surface area (TPSA) is 74.8 Å². The molecule has 0 radical (unpaired) electrons. The zero-order valence-electron chi connectivity index (χ0n) is 21.6. The first-order valence-corrected chi connectivity index (χ1v) is 12.7. The minimum atomic E-state index is -5.30. The standard InChI is InChI=1S/C29H10ClF9N2O4/c30-19-10-18-20-16(23(42)40(25(18)44)14-3-1-11(2-4-14)27(31,32)33)5-6-17-21(20)22(19)26(45)41(24(17)43)15-8-12(28(34,35)36)7-13(9-15)29(37,38)39/h1-10H. The van der Waals surface area contributed by atoms with E-state index in [1.807, 2.05) is 0 Å². The molecule has 6 rings (SSSR count). The van der Waals surface area contributed by atoms with Gasteiger partial charge in [-0.25, -0.2) is 9.80 Å². The number of hydrogen-bond donors (Lipinski definition) is 0. The van der Waals surface area contributed by atoms with Crippen LogP contribution in [0.25, 0.3) is 10.8 Å². The van der Waals surface area contributed by atoms with Crippen molar-refractivity contribution in [3.8, 4) is 0 Å². The summed E-state index contributed by atoms with van der Waals surface area (Å²) >= 11 is 6.34. The molecule has 4 aromatic rings. The lowest BCUT2D eigenvalue weighted by Crippen LogP contribution is -2.43. The molecule has 0 N–H and O–H groups in total. The van der Waals surface area contributed by atoms with E-state index in [0.717, 1.165) is 30.3 Å². The maximum absolute atomic E-state index is 13.6. The molecule has 6 nitrogen and oxygen atoms in total. The van der Waals surface area contributed by atoms with Gasteiger partial charge in [-0.15, -0.1) is 0 Å². The summed E-state index contributed by atoms with van der Waals surface area (Å²) in [6, 6.07) is 6.14. The van der Waals surface area contributed by atoms with Gasteiger partial charge in [-0.2, -0.15) is 39.5 Å². The third-order valence-corrected chi connectivity index (χ3v) is 7.53. The van der Waals surface area contributed by atoms with E-state index in [0.29, 0.717) is 17.0 Å². The number of anilines is 2. The maximum Gasteiger partial charge on any atom is 0.416 e. The monoisotopic (exact) mass is 656 g/mol. The number of hydrogen-bond acceptors (Lipinski definition) is 4. The number of alkyl halides is 9. The highest BCUT2D eigenvalue weighted by Crippen LogP contribution is 2.45. The highest BCUT2D eigenvalue weighted by atomic mass is 35.5. The summed E-state index contributed by atoms with van der Waals surface area (Å²) in [5.41, 5.74) is -7.65. The smallest absolute Gasteiger partial charge is 0.268 e. The first-order chi connectivity index (χ1) is 20.8. The Bertz CT molecular complexity index is 1980. The number of imide groups is 2. The molecule has 0 spiro atoms. The number of halogens is 10. The van der Waals surface area contributed by atoms with E-state index in [1.165, 1.54) is 0 Å².